The lowest BCUT2D eigenvalue weighted by atomic mass is 9.84. The number of aldehydes is 1. The van der Waals surface area contributed by atoms with Gasteiger partial charge in [0, 0.05) is 5.75 Å². The monoisotopic (exact) mass is 447 g/mol. The number of carbonyl (C=O) groups is 2. The molecule has 1 atom stereocenters. The molecule has 0 aliphatic carbocycles. The van der Waals surface area contributed by atoms with Crippen LogP contribution >= 0.6 is 11.8 Å². The van der Waals surface area contributed by atoms with E-state index in [0.717, 1.165) is 23.0 Å². The summed E-state index contributed by atoms with van der Waals surface area (Å²) in [6, 6.07) is 30.0. The Kier molecular flexibility index (Phi) is 7.75. The topological polar surface area (TPSA) is 55.4 Å². The smallest absolute Gasteiger partial charge is 0.408 e. The summed E-state index contributed by atoms with van der Waals surface area (Å²) in [7, 11) is 0. The van der Waals surface area contributed by atoms with Crippen molar-refractivity contribution in [2.45, 2.75) is 37.2 Å². The maximum absolute atomic E-state index is 12.3. The number of hydrogen-bond acceptors (Lipinski definition) is 4. The number of thioether (sulfide) groups is 1. The first-order chi connectivity index (χ1) is 15.3. The van der Waals surface area contributed by atoms with E-state index in [0.29, 0.717) is 5.75 Å². The summed E-state index contributed by atoms with van der Waals surface area (Å²) in [6.45, 7) is 5.38. The number of ether oxygens (including phenoxy) is 1. The zero-order chi connectivity index (χ0) is 23.0. The molecule has 0 heterocycles. The Hall–Kier alpha value is -3.05. The van der Waals surface area contributed by atoms with Crippen LogP contribution in [0.5, 0.6) is 0 Å². The normalized spacial score (nSPS) is 12.6. The van der Waals surface area contributed by atoms with Crippen LogP contribution in [0.1, 0.15) is 37.5 Å². The number of alkyl carbamates (subject to hydrolysis) is 1. The highest BCUT2D eigenvalue weighted by Crippen LogP contribution is 2.48. The van der Waals surface area contributed by atoms with Crippen molar-refractivity contribution < 1.29 is 14.3 Å². The second-order valence-electron chi connectivity index (χ2n) is 8.48. The minimum atomic E-state index is -0.689. The molecule has 0 spiro atoms. The van der Waals surface area contributed by atoms with Crippen molar-refractivity contribution in [2.75, 3.05) is 5.75 Å². The third-order valence-electron chi connectivity index (χ3n) is 4.89. The van der Waals surface area contributed by atoms with Crippen LogP contribution < -0.4 is 5.32 Å². The molecule has 3 aromatic carbocycles. The van der Waals surface area contributed by atoms with Crippen molar-refractivity contribution in [3.05, 3.63) is 108 Å². The van der Waals surface area contributed by atoms with E-state index in [1.54, 1.807) is 32.5 Å². The predicted octanol–water partition coefficient (Wildman–Crippen LogP) is 5.80. The summed E-state index contributed by atoms with van der Waals surface area (Å²) < 4.78 is 4.78. The van der Waals surface area contributed by atoms with Crippen LogP contribution in [0.2, 0.25) is 0 Å². The molecule has 0 saturated carbocycles. The van der Waals surface area contributed by atoms with E-state index in [2.05, 4.69) is 41.7 Å². The van der Waals surface area contributed by atoms with Gasteiger partial charge in [-0.1, -0.05) is 91.0 Å². The quantitative estimate of drug-likeness (QED) is 0.350. The lowest BCUT2D eigenvalue weighted by Crippen LogP contribution is -2.42. The van der Waals surface area contributed by atoms with Gasteiger partial charge in [-0.15, -0.1) is 11.8 Å². The summed E-state index contributed by atoms with van der Waals surface area (Å²) in [4.78, 5) is 24.1. The Morgan fingerprint density at radius 1 is 0.844 bits per heavy atom. The molecule has 5 heteroatoms. The average Bonchev–Trinajstić information content (AvgIpc) is 2.79. The van der Waals surface area contributed by atoms with E-state index in [9.17, 15) is 9.59 Å². The zero-order valence-corrected chi connectivity index (χ0v) is 19.5. The van der Waals surface area contributed by atoms with Crippen LogP contribution in [-0.2, 0) is 14.3 Å². The van der Waals surface area contributed by atoms with Gasteiger partial charge in [0.15, 0.2) is 0 Å². The van der Waals surface area contributed by atoms with Crippen molar-refractivity contribution in [2.24, 2.45) is 0 Å². The molecular formula is C27H29NO3S. The highest BCUT2D eigenvalue weighted by Gasteiger charge is 2.37. The van der Waals surface area contributed by atoms with Crippen LogP contribution in [0, 0.1) is 0 Å². The minimum Gasteiger partial charge on any atom is -0.444 e. The molecule has 3 rings (SSSR count). The standard InChI is InChI=1S/C27H29NO3S/c1-26(2,3)31-25(30)28-24(19-29)20-32-27(21-13-7-4-8-14-21,22-15-9-5-10-16-22)23-17-11-6-12-18-23/h4-19,24H,20H2,1-3H3,(H,28,30)/t24-/m1/s1. The summed E-state index contributed by atoms with van der Waals surface area (Å²) in [5.74, 6) is 0.376. The summed E-state index contributed by atoms with van der Waals surface area (Å²) in [5.41, 5.74) is 2.67. The van der Waals surface area contributed by atoms with E-state index in [1.165, 1.54) is 0 Å². The van der Waals surface area contributed by atoms with Crippen molar-refractivity contribution in [3.63, 3.8) is 0 Å². The van der Waals surface area contributed by atoms with Gasteiger partial charge in [-0.2, -0.15) is 0 Å². The second kappa shape index (κ2) is 10.5. The number of nitrogens with one attached hydrogen (secondary N) is 1. The van der Waals surface area contributed by atoms with Gasteiger partial charge in [0.2, 0.25) is 0 Å². The fraction of sp³-hybridized carbons (Fsp3) is 0.259. The molecule has 1 amide bonds. The molecule has 32 heavy (non-hydrogen) atoms. The fourth-order valence-corrected chi connectivity index (χ4v) is 5.06. The van der Waals surface area contributed by atoms with Gasteiger partial charge in [0.25, 0.3) is 0 Å². The molecule has 166 valence electrons. The van der Waals surface area contributed by atoms with Crippen LogP contribution in [-0.4, -0.2) is 29.8 Å². The minimum absolute atomic E-state index is 0.376. The molecular weight excluding hydrogens is 418 g/mol. The van der Waals surface area contributed by atoms with Crippen LogP contribution in [0.15, 0.2) is 91.0 Å². The van der Waals surface area contributed by atoms with Crippen molar-refractivity contribution in [1.29, 1.82) is 0 Å². The van der Waals surface area contributed by atoms with Crippen molar-refractivity contribution >= 4 is 24.1 Å². The predicted molar refractivity (Wildman–Crippen MR) is 131 cm³/mol. The van der Waals surface area contributed by atoms with E-state index in [4.69, 9.17) is 4.74 Å². The maximum Gasteiger partial charge on any atom is 0.408 e. The number of rotatable bonds is 8. The molecule has 4 nitrogen and oxygen atoms in total. The van der Waals surface area contributed by atoms with Gasteiger partial charge < -0.3 is 14.8 Å². The highest BCUT2D eigenvalue weighted by atomic mass is 32.2. The summed E-state index contributed by atoms with van der Waals surface area (Å²) in [6.07, 6.45) is 0.169. The Morgan fingerprint density at radius 3 is 1.59 bits per heavy atom. The second-order valence-corrected chi connectivity index (χ2v) is 9.71. The SMILES string of the molecule is CC(C)(C)OC(=O)N[C@H](C=O)CSC(c1ccccc1)(c1ccccc1)c1ccccc1. The van der Waals surface area contributed by atoms with Gasteiger partial charge in [-0.05, 0) is 37.5 Å². The van der Waals surface area contributed by atoms with Gasteiger partial charge in [-0.3, -0.25) is 0 Å². The number of amides is 1. The first kappa shape index (κ1) is 23.6. The summed E-state index contributed by atoms with van der Waals surface area (Å²) >= 11 is 1.62. The number of hydrogen-bond donors (Lipinski definition) is 1. The molecule has 0 saturated heterocycles. The van der Waals surface area contributed by atoms with Gasteiger partial charge in [0.1, 0.15) is 11.9 Å². The van der Waals surface area contributed by atoms with Gasteiger partial charge in [-0.25, -0.2) is 4.79 Å². The maximum atomic E-state index is 12.3. The molecule has 0 unspecified atom stereocenters. The molecule has 0 aliphatic heterocycles. The molecule has 0 aromatic heterocycles. The Morgan fingerprint density at radius 2 is 1.25 bits per heavy atom. The van der Waals surface area contributed by atoms with Crippen molar-refractivity contribution in [3.8, 4) is 0 Å². The van der Waals surface area contributed by atoms with Crippen molar-refractivity contribution in [1.82, 2.24) is 5.32 Å². The first-order valence-electron chi connectivity index (χ1n) is 10.6. The molecule has 0 fully saturated rings. The lowest BCUT2D eigenvalue weighted by molar-refractivity contribution is -0.109. The Labute approximate surface area is 194 Å². The molecule has 1 N–H and O–H groups in total. The largest absolute Gasteiger partial charge is 0.444 e. The van der Waals surface area contributed by atoms with E-state index in [1.807, 2.05) is 54.6 Å². The van der Waals surface area contributed by atoms with E-state index < -0.39 is 22.5 Å². The third-order valence-corrected chi connectivity index (χ3v) is 6.55. The van der Waals surface area contributed by atoms with Crippen LogP contribution in [0.3, 0.4) is 0 Å². The Balaban J connectivity index is 1.99. The Bertz CT molecular complexity index is 905. The molecule has 0 bridgehead atoms. The van der Waals surface area contributed by atoms with Gasteiger partial charge in [0.05, 0.1) is 10.8 Å². The molecule has 0 radical (unpaired) electrons. The lowest BCUT2D eigenvalue weighted by Gasteiger charge is -2.36. The van der Waals surface area contributed by atoms with Gasteiger partial charge >= 0.3 is 6.09 Å². The summed E-state index contributed by atoms with van der Waals surface area (Å²) in [5, 5.41) is 2.70. The fourth-order valence-electron chi connectivity index (χ4n) is 3.56. The molecule has 0 aliphatic rings. The highest BCUT2D eigenvalue weighted by molar-refractivity contribution is 8.00. The molecule has 3 aromatic rings. The van der Waals surface area contributed by atoms with Crippen LogP contribution in [0.25, 0.3) is 0 Å². The average molecular weight is 448 g/mol. The third kappa shape index (κ3) is 5.80. The number of carbonyl (C=O) groups excluding carboxylic acids is 2. The zero-order valence-electron chi connectivity index (χ0n) is 18.7. The van der Waals surface area contributed by atoms with E-state index in [-0.39, 0.29) is 0 Å². The van der Waals surface area contributed by atoms with Crippen LogP contribution in [0.4, 0.5) is 4.79 Å². The number of benzene rings is 3. The first-order valence-corrected chi connectivity index (χ1v) is 11.6. The van der Waals surface area contributed by atoms with E-state index >= 15 is 0 Å².